The third-order valence-electron chi connectivity index (χ3n) is 5.15. The van der Waals surface area contributed by atoms with Crippen LogP contribution in [0.1, 0.15) is 34.3 Å². The Labute approximate surface area is 197 Å². The number of amides is 2. The number of carbonyl (C=O) groups excluding carboxylic acids is 4. The fourth-order valence-corrected chi connectivity index (χ4v) is 3.60. The molecular formula is C24H29FN4O5. The number of hydrogen-bond acceptors (Lipinski definition) is 7. The van der Waals surface area contributed by atoms with Gasteiger partial charge in [-0.15, -0.1) is 0 Å². The lowest BCUT2D eigenvalue weighted by molar-refractivity contribution is -0.125. The Balaban J connectivity index is 0.00000129. The Hall–Kier alpha value is -3.79. The summed E-state index contributed by atoms with van der Waals surface area (Å²) < 4.78 is 18.9. The molecule has 1 aliphatic rings. The molecular weight excluding hydrogens is 443 g/mol. The smallest absolute Gasteiger partial charge is 0.298 e. The van der Waals surface area contributed by atoms with E-state index in [1.54, 1.807) is 18.2 Å². The van der Waals surface area contributed by atoms with Crippen molar-refractivity contribution in [3.63, 3.8) is 0 Å². The van der Waals surface area contributed by atoms with Gasteiger partial charge >= 0.3 is 0 Å². The summed E-state index contributed by atoms with van der Waals surface area (Å²) in [4.78, 5) is 48.0. The Morgan fingerprint density at radius 3 is 2.59 bits per heavy atom. The zero-order valence-electron chi connectivity index (χ0n) is 19.4. The number of fused-ring (bicyclic) bond motifs is 1. The van der Waals surface area contributed by atoms with E-state index in [9.17, 15) is 23.6 Å². The average molecular weight is 473 g/mol. The van der Waals surface area contributed by atoms with E-state index < -0.39 is 11.9 Å². The fraction of sp³-hybridized carbons (Fsp3) is 0.333. The Morgan fingerprint density at radius 1 is 1.21 bits per heavy atom. The van der Waals surface area contributed by atoms with Crippen molar-refractivity contribution in [2.45, 2.75) is 32.0 Å². The molecule has 0 radical (unpaired) electrons. The van der Waals surface area contributed by atoms with Crippen LogP contribution in [-0.2, 0) is 27.5 Å². The van der Waals surface area contributed by atoms with Gasteiger partial charge in [-0.25, -0.2) is 4.39 Å². The van der Waals surface area contributed by atoms with Crippen molar-refractivity contribution in [3.05, 3.63) is 58.9 Å². The summed E-state index contributed by atoms with van der Waals surface area (Å²) in [6, 6.07) is 8.34. The minimum atomic E-state index is -0.766. The molecule has 0 saturated heterocycles. The van der Waals surface area contributed by atoms with Crippen LogP contribution in [0.2, 0.25) is 0 Å². The lowest BCUT2D eigenvalue weighted by Gasteiger charge is -2.25. The van der Waals surface area contributed by atoms with Crippen LogP contribution in [0.3, 0.4) is 0 Å². The summed E-state index contributed by atoms with van der Waals surface area (Å²) in [6.07, 6.45) is 1.09. The summed E-state index contributed by atoms with van der Waals surface area (Å²) >= 11 is 0. The number of rotatable bonds is 10. The van der Waals surface area contributed by atoms with Gasteiger partial charge in [0.25, 0.3) is 12.4 Å². The first-order valence-electron chi connectivity index (χ1n) is 10.7. The van der Waals surface area contributed by atoms with Crippen molar-refractivity contribution in [3.8, 4) is 5.75 Å². The van der Waals surface area contributed by atoms with E-state index in [0.717, 1.165) is 0 Å². The third-order valence-corrected chi connectivity index (χ3v) is 5.15. The highest BCUT2D eigenvalue weighted by atomic mass is 19.1. The van der Waals surface area contributed by atoms with E-state index >= 15 is 0 Å². The Bertz CT molecular complexity index is 1030. The molecule has 2 aromatic carbocycles. The highest BCUT2D eigenvalue weighted by Crippen LogP contribution is 2.32. The molecule has 1 aliphatic heterocycles. The van der Waals surface area contributed by atoms with Crippen LogP contribution in [-0.4, -0.2) is 56.7 Å². The van der Waals surface area contributed by atoms with Gasteiger partial charge in [0.1, 0.15) is 23.9 Å². The summed E-state index contributed by atoms with van der Waals surface area (Å²) in [5.41, 5.74) is 2.05. The summed E-state index contributed by atoms with van der Waals surface area (Å²) in [5.74, 6) is -0.890. The summed E-state index contributed by atoms with van der Waals surface area (Å²) in [5, 5.41) is 8.41. The molecule has 0 aliphatic carbocycles. The van der Waals surface area contributed by atoms with E-state index in [0.29, 0.717) is 23.1 Å². The highest BCUT2D eigenvalue weighted by Gasteiger charge is 2.36. The van der Waals surface area contributed by atoms with Crippen LogP contribution in [0.15, 0.2) is 36.4 Å². The van der Waals surface area contributed by atoms with Crippen molar-refractivity contribution in [2.24, 2.45) is 0 Å². The lowest BCUT2D eigenvalue weighted by atomic mass is 10.1. The lowest BCUT2D eigenvalue weighted by Crippen LogP contribution is -2.46. The number of hydrogen-bond donors (Lipinski definition) is 3. The average Bonchev–Trinajstić information content (AvgIpc) is 3.17. The van der Waals surface area contributed by atoms with Gasteiger partial charge in [0.15, 0.2) is 0 Å². The summed E-state index contributed by atoms with van der Waals surface area (Å²) in [7, 11) is 5.23. The molecule has 182 valence electrons. The second-order valence-corrected chi connectivity index (χ2v) is 7.46. The molecule has 34 heavy (non-hydrogen) atoms. The molecule has 1 heterocycles. The van der Waals surface area contributed by atoms with Gasteiger partial charge in [0.2, 0.25) is 5.91 Å². The second-order valence-electron chi connectivity index (χ2n) is 7.46. The SMILES string of the molecule is CNC.CNC(=O)C(CCC=O)N1Cc2c(NCc3cc(OC=O)ccc3F)cccc2C1=O. The molecule has 0 fully saturated rings. The molecule has 1 unspecified atom stereocenters. The molecule has 0 bridgehead atoms. The Morgan fingerprint density at radius 2 is 1.94 bits per heavy atom. The largest absolute Gasteiger partial charge is 0.429 e. The third kappa shape index (κ3) is 6.38. The van der Waals surface area contributed by atoms with Crippen molar-refractivity contribution < 1.29 is 28.3 Å². The van der Waals surface area contributed by atoms with E-state index in [1.807, 2.05) is 14.1 Å². The van der Waals surface area contributed by atoms with Crippen molar-refractivity contribution >= 4 is 30.3 Å². The topological polar surface area (TPSA) is 117 Å². The zero-order chi connectivity index (χ0) is 25.1. The molecule has 0 aromatic heterocycles. The minimum Gasteiger partial charge on any atom is -0.429 e. The van der Waals surface area contributed by atoms with Gasteiger partial charge in [-0.05, 0) is 50.8 Å². The molecule has 9 nitrogen and oxygen atoms in total. The predicted molar refractivity (Wildman–Crippen MR) is 125 cm³/mol. The Kier molecular flexibility index (Phi) is 10.2. The van der Waals surface area contributed by atoms with E-state index in [4.69, 9.17) is 4.74 Å². The van der Waals surface area contributed by atoms with E-state index in [1.165, 1.54) is 30.1 Å². The first-order valence-corrected chi connectivity index (χ1v) is 10.7. The monoisotopic (exact) mass is 472 g/mol. The predicted octanol–water partition coefficient (Wildman–Crippen LogP) is 1.86. The van der Waals surface area contributed by atoms with E-state index in [2.05, 4.69) is 16.0 Å². The molecule has 2 amide bonds. The van der Waals surface area contributed by atoms with Gasteiger partial charge in [-0.1, -0.05) is 6.07 Å². The quantitative estimate of drug-likeness (QED) is 0.452. The number of halogens is 1. The highest BCUT2D eigenvalue weighted by molar-refractivity contribution is 6.02. The molecule has 3 rings (SSSR count). The van der Waals surface area contributed by atoms with Crippen LogP contribution < -0.4 is 20.7 Å². The molecule has 3 N–H and O–H groups in total. The number of benzene rings is 2. The van der Waals surface area contributed by atoms with E-state index in [-0.39, 0.29) is 55.5 Å². The molecule has 2 aromatic rings. The van der Waals surface area contributed by atoms with Crippen LogP contribution in [0.4, 0.5) is 10.1 Å². The number of ether oxygens (including phenoxy) is 1. The molecule has 0 spiro atoms. The number of aldehydes is 1. The number of nitrogens with one attached hydrogen (secondary N) is 3. The first kappa shape index (κ1) is 26.5. The standard InChI is InChI=1S/C22H22FN3O5.C2H7N/c1-24-21(29)20(6-3-9-27)26-12-17-16(22(26)30)4-2-5-19(17)25-11-14-10-15(31-13-28)7-8-18(14)23;1-3-2/h2,4-5,7-10,13,20,25H,3,6,11-12H2,1H3,(H,24,29);3H,1-2H3. The number of anilines is 1. The van der Waals surface area contributed by atoms with Crippen molar-refractivity contribution in [2.75, 3.05) is 26.5 Å². The van der Waals surface area contributed by atoms with Crippen LogP contribution in [0, 0.1) is 5.82 Å². The molecule has 10 heteroatoms. The number of nitrogens with zero attached hydrogens (tertiary/aromatic N) is 1. The second kappa shape index (κ2) is 13.0. The van der Waals surface area contributed by atoms with Gasteiger partial charge in [0.05, 0.1) is 0 Å². The minimum absolute atomic E-state index is 0.0938. The fourth-order valence-electron chi connectivity index (χ4n) is 3.60. The van der Waals surface area contributed by atoms with Crippen LogP contribution in [0.25, 0.3) is 0 Å². The zero-order valence-corrected chi connectivity index (χ0v) is 19.4. The number of carbonyl (C=O) groups is 4. The normalized spacial score (nSPS) is 12.7. The van der Waals surface area contributed by atoms with Crippen LogP contribution in [0.5, 0.6) is 5.75 Å². The maximum atomic E-state index is 14.1. The summed E-state index contributed by atoms with van der Waals surface area (Å²) in [6.45, 7) is 0.545. The maximum absolute atomic E-state index is 14.1. The van der Waals surface area contributed by atoms with Crippen molar-refractivity contribution in [1.29, 1.82) is 0 Å². The van der Waals surface area contributed by atoms with Gasteiger partial charge in [-0.2, -0.15) is 0 Å². The van der Waals surface area contributed by atoms with Gasteiger partial charge in [-0.3, -0.25) is 14.4 Å². The molecule has 1 atom stereocenters. The van der Waals surface area contributed by atoms with Crippen molar-refractivity contribution in [1.82, 2.24) is 15.5 Å². The van der Waals surface area contributed by atoms with Gasteiger partial charge < -0.3 is 30.4 Å². The van der Waals surface area contributed by atoms with Crippen LogP contribution >= 0.6 is 0 Å². The molecule has 0 saturated carbocycles. The first-order chi connectivity index (χ1) is 16.4. The maximum Gasteiger partial charge on any atom is 0.298 e. The number of likely N-dealkylation sites (N-methyl/N-ethyl adjacent to an activating group) is 1. The van der Waals surface area contributed by atoms with Gasteiger partial charge in [0, 0.05) is 48.9 Å².